The summed E-state index contributed by atoms with van der Waals surface area (Å²) in [5.74, 6) is 0.239. The zero-order valence-electron chi connectivity index (χ0n) is 18.9. The van der Waals surface area contributed by atoms with E-state index >= 15 is 0 Å². The molecule has 0 aliphatic carbocycles. The lowest BCUT2D eigenvalue weighted by atomic mass is 9.85. The van der Waals surface area contributed by atoms with Crippen molar-refractivity contribution in [1.82, 2.24) is 0 Å². The van der Waals surface area contributed by atoms with Crippen LogP contribution in [0.3, 0.4) is 0 Å². The second-order valence-electron chi connectivity index (χ2n) is 9.11. The summed E-state index contributed by atoms with van der Waals surface area (Å²) in [6.45, 7) is 10.9. The minimum absolute atomic E-state index is 0.0745. The molecule has 0 spiro atoms. The first kappa shape index (κ1) is 22.6. The number of rotatable bonds is 2. The molecule has 3 rings (SSSR count). The molecule has 6 nitrogen and oxygen atoms in total. The molecule has 0 amide bonds. The number of esters is 2. The monoisotopic (exact) mass is 418 g/mol. The van der Waals surface area contributed by atoms with E-state index in [1.54, 1.807) is 6.26 Å². The molecule has 166 valence electrons. The van der Waals surface area contributed by atoms with Gasteiger partial charge in [-0.1, -0.05) is 18.6 Å². The van der Waals surface area contributed by atoms with Gasteiger partial charge < -0.3 is 18.6 Å². The van der Waals surface area contributed by atoms with E-state index in [0.29, 0.717) is 12.3 Å². The highest BCUT2D eigenvalue weighted by atomic mass is 16.6. The van der Waals surface area contributed by atoms with Crippen molar-refractivity contribution in [3.05, 3.63) is 34.8 Å². The average Bonchev–Trinajstić information content (AvgIpc) is 3.21. The summed E-state index contributed by atoms with van der Waals surface area (Å²) < 4.78 is 24.0. The van der Waals surface area contributed by atoms with Crippen molar-refractivity contribution in [3.63, 3.8) is 0 Å². The molecule has 1 aromatic heterocycles. The lowest BCUT2D eigenvalue weighted by molar-refractivity contribution is -0.197. The molecule has 5 atom stereocenters. The number of ether oxygens (including phenoxy) is 3. The Balaban J connectivity index is 2.15. The predicted molar refractivity (Wildman–Crippen MR) is 112 cm³/mol. The fourth-order valence-corrected chi connectivity index (χ4v) is 4.77. The maximum Gasteiger partial charge on any atom is 0.303 e. The van der Waals surface area contributed by atoms with E-state index < -0.39 is 29.7 Å². The van der Waals surface area contributed by atoms with E-state index in [1.807, 2.05) is 13.8 Å². The number of fused-ring (bicyclic) bond motifs is 3. The lowest BCUT2D eigenvalue weighted by Crippen LogP contribution is -2.47. The molecule has 2 aliphatic heterocycles. The normalized spacial score (nSPS) is 33.9. The molecule has 2 bridgehead atoms. The highest BCUT2D eigenvalue weighted by Gasteiger charge is 2.51. The van der Waals surface area contributed by atoms with Crippen molar-refractivity contribution in [2.24, 2.45) is 5.92 Å². The van der Waals surface area contributed by atoms with Gasteiger partial charge >= 0.3 is 11.9 Å². The van der Waals surface area contributed by atoms with Gasteiger partial charge in [-0.15, -0.1) is 0 Å². The lowest BCUT2D eigenvalue weighted by Gasteiger charge is -2.38. The molecule has 2 aliphatic rings. The molecule has 3 heterocycles. The van der Waals surface area contributed by atoms with Crippen LogP contribution in [0.25, 0.3) is 0 Å². The fraction of sp³-hybridized carbons (Fsp3) is 0.667. The Morgan fingerprint density at radius 2 is 1.83 bits per heavy atom. The van der Waals surface area contributed by atoms with E-state index in [9.17, 15) is 9.59 Å². The third-order valence-electron chi connectivity index (χ3n) is 6.39. The van der Waals surface area contributed by atoms with Gasteiger partial charge in [0.1, 0.15) is 11.4 Å². The van der Waals surface area contributed by atoms with Crippen LogP contribution >= 0.6 is 0 Å². The van der Waals surface area contributed by atoms with Crippen molar-refractivity contribution < 1.29 is 28.2 Å². The number of hydrogen-bond donors (Lipinski definition) is 0. The van der Waals surface area contributed by atoms with Gasteiger partial charge in [-0.25, -0.2) is 0 Å². The molecule has 0 N–H and O–H groups in total. The molecule has 30 heavy (non-hydrogen) atoms. The van der Waals surface area contributed by atoms with E-state index in [0.717, 1.165) is 42.6 Å². The zero-order chi connectivity index (χ0) is 22.1. The summed E-state index contributed by atoms with van der Waals surface area (Å²) in [6, 6.07) is 0. The second kappa shape index (κ2) is 8.96. The molecular formula is C24H34O6. The van der Waals surface area contributed by atoms with Crippen molar-refractivity contribution in [2.75, 3.05) is 0 Å². The number of furan rings is 1. The van der Waals surface area contributed by atoms with Crippen LogP contribution in [0.15, 0.2) is 22.3 Å². The Kier molecular flexibility index (Phi) is 6.75. The van der Waals surface area contributed by atoms with Crippen LogP contribution in [-0.4, -0.2) is 29.7 Å². The summed E-state index contributed by atoms with van der Waals surface area (Å²) in [5.41, 5.74) is 2.06. The molecule has 0 radical (unpaired) electrons. The van der Waals surface area contributed by atoms with E-state index in [2.05, 4.69) is 19.9 Å². The largest absolute Gasteiger partial charge is 0.468 e. The third kappa shape index (κ3) is 4.80. The van der Waals surface area contributed by atoms with Crippen LogP contribution in [0, 0.1) is 12.8 Å². The Bertz CT molecular complexity index is 822. The van der Waals surface area contributed by atoms with Gasteiger partial charge in [-0.2, -0.15) is 0 Å². The summed E-state index contributed by atoms with van der Waals surface area (Å²) in [7, 11) is 0. The summed E-state index contributed by atoms with van der Waals surface area (Å²) in [6.07, 6.45) is 6.63. The van der Waals surface area contributed by atoms with Crippen LogP contribution < -0.4 is 0 Å². The minimum atomic E-state index is -0.798. The summed E-state index contributed by atoms with van der Waals surface area (Å²) >= 11 is 0. The molecule has 6 heteroatoms. The molecule has 1 saturated heterocycles. The smallest absolute Gasteiger partial charge is 0.303 e. The molecule has 0 saturated carbocycles. The first-order valence-electron chi connectivity index (χ1n) is 10.9. The van der Waals surface area contributed by atoms with Gasteiger partial charge in [0, 0.05) is 25.8 Å². The highest BCUT2D eigenvalue weighted by molar-refractivity contribution is 5.68. The molecule has 1 aromatic rings. The first-order chi connectivity index (χ1) is 14.1. The maximum atomic E-state index is 12.1. The van der Waals surface area contributed by atoms with E-state index in [1.165, 1.54) is 19.4 Å². The quantitative estimate of drug-likeness (QED) is 0.498. The SMILES string of the molecule is CC(=O)O[C@@H]1[C@@H](OC(C)=O)c2c(C)coc2C/C(C)=C/CC[C@@H](C)[C@@H]2CC[C@@]1(C)O2. The Hall–Kier alpha value is -2.08. The van der Waals surface area contributed by atoms with E-state index in [-0.39, 0.29) is 6.10 Å². The number of hydrogen-bond acceptors (Lipinski definition) is 6. The van der Waals surface area contributed by atoms with Crippen LogP contribution in [-0.2, 0) is 30.2 Å². The summed E-state index contributed by atoms with van der Waals surface area (Å²) in [5, 5.41) is 0. The van der Waals surface area contributed by atoms with Gasteiger partial charge in [0.15, 0.2) is 12.2 Å². The topological polar surface area (TPSA) is 75.0 Å². The van der Waals surface area contributed by atoms with Crippen molar-refractivity contribution in [1.29, 1.82) is 0 Å². The van der Waals surface area contributed by atoms with Gasteiger partial charge in [0.2, 0.25) is 0 Å². The fourth-order valence-electron chi connectivity index (χ4n) is 4.77. The average molecular weight is 419 g/mol. The van der Waals surface area contributed by atoms with Gasteiger partial charge in [-0.05, 0) is 57.9 Å². The van der Waals surface area contributed by atoms with Gasteiger partial charge in [0.25, 0.3) is 0 Å². The van der Waals surface area contributed by atoms with Crippen molar-refractivity contribution >= 4 is 11.9 Å². The van der Waals surface area contributed by atoms with Crippen LogP contribution in [0.1, 0.15) is 83.3 Å². The maximum absolute atomic E-state index is 12.1. The van der Waals surface area contributed by atoms with Crippen LogP contribution in [0.4, 0.5) is 0 Å². The van der Waals surface area contributed by atoms with E-state index in [4.69, 9.17) is 18.6 Å². The predicted octanol–water partition coefficient (Wildman–Crippen LogP) is 4.98. The first-order valence-corrected chi connectivity index (χ1v) is 10.9. The van der Waals surface area contributed by atoms with Gasteiger partial charge in [-0.3, -0.25) is 9.59 Å². The Morgan fingerprint density at radius 3 is 2.50 bits per heavy atom. The third-order valence-corrected chi connectivity index (χ3v) is 6.39. The zero-order valence-corrected chi connectivity index (χ0v) is 18.9. The number of carbonyl (C=O) groups excluding carboxylic acids is 2. The van der Waals surface area contributed by atoms with Crippen molar-refractivity contribution in [3.8, 4) is 0 Å². The second-order valence-corrected chi connectivity index (χ2v) is 9.11. The number of allylic oxidation sites excluding steroid dienone is 2. The molecule has 0 unspecified atom stereocenters. The minimum Gasteiger partial charge on any atom is -0.468 e. The molecular weight excluding hydrogens is 384 g/mol. The Labute approximate surface area is 178 Å². The van der Waals surface area contributed by atoms with Gasteiger partial charge in [0.05, 0.1) is 12.4 Å². The van der Waals surface area contributed by atoms with Crippen LogP contribution in [0.2, 0.25) is 0 Å². The standard InChI is InChI=1S/C24H34O6/c1-14-8-7-9-15(2)19-10-11-24(6,30-19)23(29-18(5)26)22(28-17(4)25)21-16(3)13-27-20(21)12-14/h8,13,15,19,22-23H,7,9-12H2,1-6H3/b14-8+/t15-,19+,22+,23-,24-/m1/s1. The number of carbonyl (C=O) groups is 2. The highest BCUT2D eigenvalue weighted by Crippen LogP contribution is 2.45. The van der Waals surface area contributed by atoms with Crippen LogP contribution in [0.5, 0.6) is 0 Å². The van der Waals surface area contributed by atoms with Crippen molar-refractivity contribution in [2.45, 2.75) is 97.6 Å². The molecule has 1 fully saturated rings. The number of aryl methyl sites for hydroxylation is 1. The summed E-state index contributed by atoms with van der Waals surface area (Å²) in [4.78, 5) is 24.2. The molecule has 0 aromatic carbocycles. The Morgan fingerprint density at radius 1 is 1.13 bits per heavy atom.